The van der Waals surface area contributed by atoms with Crippen molar-refractivity contribution >= 4 is 56.3 Å². The van der Waals surface area contributed by atoms with Gasteiger partial charge in [-0.05, 0) is 51.1 Å². The van der Waals surface area contributed by atoms with Gasteiger partial charge >= 0.3 is 18.0 Å². The molecular weight excluding hydrogens is 450 g/mol. The molecule has 4 aromatic rings. The fourth-order valence-electron chi connectivity index (χ4n) is 3.67. The largest absolute Gasteiger partial charge is 0.477 e. The SMILES string of the molecule is CC(=O)CC(C)(C)OC(=O)c1ccc2[nH]c(-c3nn(C(=O)O)c4cc(C(=O)O)sc34)cc2c1. The number of fused-ring (bicyclic) bond motifs is 2. The van der Waals surface area contributed by atoms with Crippen LogP contribution < -0.4 is 0 Å². The van der Waals surface area contributed by atoms with E-state index < -0.39 is 23.6 Å². The maximum absolute atomic E-state index is 12.6. The number of esters is 1. The Labute approximate surface area is 190 Å². The summed E-state index contributed by atoms with van der Waals surface area (Å²) in [6.45, 7) is 4.75. The average molecular weight is 469 g/mol. The van der Waals surface area contributed by atoms with Crippen LogP contribution in [0.2, 0.25) is 0 Å². The summed E-state index contributed by atoms with van der Waals surface area (Å²) in [6, 6.07) is 7.83. The van der Waals surface area contributed by atoms with Gasteiger partial charge in [0.05, 0.1) is 21.5 Å². The molecule has 0 atom stereocenters. The van der Waals surface area contributed by atoms with Gasteiger partial charge in [0.1, 0.15) is 22.0 Å². The van der Waals surface area contributed by atoms with E-state index >= 15 is 0 Å². The van der Waals surface area contributed by atoms with Crippen LogP contribution in [-0.4, -0.2) is 54.4 Å². The molecular formula is C22H19N3O7S. The Bertz CT molecular complexity index is 1460. The molecule has 3 N–H and O–H groups in total. The van der Waals surface area contributed by atoms with E-state index in [1.165, 1.54) is 13.0 Å². The zero-order valence-corrected chi connectivity index (χ0v) is 18.6. The molecule has 11 heteroatoms. The highest BCUT2D eigenvalue weighted by atomic mass is 32.1. The maximum Gasteiger partial charge on any atom is 0.432 e. The van der Waals surface area contributed by atoms with Crippen molar-refractivity contribution in [3.8, 4) is 11.4 Å². The molecule has 4 rings (SSSR count). The first kappa shape index (κ1) is 22.2. The summed E-state index contributed by atoms with van der Waals surface area (Å²) in [4.78, 5) is 50.1. The Morgan fingerprint density at radius 3 is 2.52 bits per heavy atom. The van der Waals surface area contributed by atoms with E-state index in [-0.39, 0.29) is 33.9 Å². The standard InChI is InChI=1S/C22H19N3O7S/c1-10(26)9-22(2,3)32-20(29)11-4-5-13-12(6-11)7-14(23-13)17-18-15(25(24-17)21(30)31)8-16(33-18)19(27)28/h4-8,23H,9H2,1-3H3,(H,27,28)(H,30,31). The topological polar surface area (TPSA) is 152 Å². The van der Waals surface area contributed by atoms with Crippen molar-refractivity contribution in [2.75, 3.05) is 0 Å². The predicted molar refractivity (Wildman–Crippen MR) is 120 cm³/mol. The molecule has 170 valence electrons. The van der Waals surface area contributed by atoms with Gasteiger partial charge in [-0.3, -0.25) is 4.79 Å². The molecule has 0 aliphatic rings. The molecule has 1 aromatic carbocycles. The number of hydrogen-bond donors (Lipinski definition) is 3. The predicted octanol–water partition coefficient (Wildman–Crippen LogP) is 4.38. The highest BCUT2D eigenvalue weighted by Gasteiger charge is 2.26. The van der Waals surface area contributed by atoms with Crippen LogP contribution in [0.15, 0.2) is 30.3 Å². The highest BCUT2D eigenvalue weighted by molar-refractivity contribution is 7.21. The second-order valence-corrected chi connectivity index (χ2v) is 9.24. The Balaban J connectivity index is 1.73. The molecule has 0 aliphatic carbocycles. The normalized spacial score (nSPS) is 11.7. The number of nitrogens with one attached hydrogen (secondary N) is 1. The van der Waals surface area contributed by atoms with Crippen LogP contribution in [0.1, 0.15) is 47.2 Å². The first-order valence-electron chi connectivity index (χ1n) is 9.80. The van der Waals surface area contributed by atoms with Gasteiger partial charge in [-0.2, -0.15) is 9.78 Å². The van der Waals surface area contributed by atoms with Crippen LogP contribution in [0.3, 0.4) is 0 Å². The lowest BCUT2D eigenvalue weighted by atomic mass is 10.0. The van der Waals surface area contributed by atoms with E-state index in [1.54, 1.807) is 38.1 Å². The molecule has 0 radical (unpaired) electrons. The van der Waals surface area contributed by atoms with E-state index in [1.807, 2.05) is 0 Å². The van der Waals surface area contributed by atoms with Crippen LogP contribution in [0.4, 0.5) is 4.79 Å². The minimum Gasteiger partial charge on any atom is -0.477 e. The monoisotopic (exact) mass is 469 g/mol. The van der Waals surface area contributed by atoms with Crippen molar-refractivity contribution in [3.05, 3.63) is 40.8 Å². The van der Waals surface area contributed by atoms with Crippen molar-refractivity contribution in [1.82, 2.24) is 14.8 Å². The molecule has 33 heavy (non-hydrogen) atoms. The molecule has 0 spiro atoms. The lowest BCUT2D eigenvalue weighted by Crippen LogP contribution is -2.30. The van der Waals surface area contributed by atoms with Crippen LogP contribution in [-0.2, 0) is 9.53 Å². The van der Waals surface area contributed by atoms with Crippen molar-refractivity contribution in [2.45, 2.75) is 32.8 Å². The van der Waals surface area contributed by atoms with E-state index in [2.05, 4.69) is 10.1 Å². The lowest BCUT2D eigenvalue weighted by molar-refractivity contribution is -0.121. The molecule has 3 aromatic heterocycles. The third-order valence-corrected chi connectivity index (χ3v) is 6.02. The third kappa shape index (κ3) is 4.22. The van der Waals surface area contributed by atoms with Crippen LogP contribution in [0, 0.1) is 0 Å². The number of hydrogen-bond acceptors (Lipinski definition) is 7. The number of carboxylic acids is 1. The highest BCUT2D eigenvalue weighted by Crippen LogP contribution is 2.36. The number of aromatic nitrogens is 3. The first-order chi connectivity index (χ1) is 15.4. The lowest BCUT2D eigenvalue weighted by Gasteiger charge is -2.23. The summed E-state index contributed by atoms with van der Waals surface area (Å²) >= 11 is 0.926. The maximum atomic E-state index is 12.6. The third-order valence-electron chi connectivity index (χ3n) is 4.90. The minimum atomic E-state index is -1.34. The number of rotatable bonds is 6. The molecule has 0 fully saturated rings. The zero-order chi connectivity index (χ0) is 24.1. The number of thiophene rings is 1. The number of aromatic carboxylic acids is 1. The van der Waals surface area contributed by atoms with Gasteiger partial charge in [0, 0.05) is 17.3 Å². The zero-order valence-electron chi connectivity index (χ0n) is 17.8. The number of benzene rings is 1. The number of carbonyl (C=O) groups excluding carboxylic acids is 2. The molecule has 0 amide bonds. The molecule has 10 nitrogen and oxygen atoms in total. The molecule has 0 saturated carbocycles. The molecule has 0 saturated heterocycles. The van der Waals surface area contributed by atoms with Crippen molar-refractivity contribution < 1.29 is 34.1 Å². The van der Waals surface area contributed by atoms with Crippen molar-refractivity contribution in [1.29, 1.82) is 0 Å². The Hall–Kier alpha value is -3.99. The van der Waals surface area contributed by atoms with E-state index in [0.29, 0.717) is 21.3 Å². The number of aromatic amines is 1. The number of ketones is 1. The summed E-state index contributed by atoms with van der Waals surface area (Å²) in [7, 11) is 0. The quantitative estimate of drug-likeness (QED) is 0.352. The number of carboxylic acid groups (broad SMARTS) is 2. The summed E-state index contributed by atoms with van der Waals surface area (Å²) in [5.41, 5.74) is 0.935. The van der Waals surface area contributed by atoms with Gasteiger partial charge in [-0.25, -0.2) is 14.4 Å². The second-order valence-electron chi connectivity index (χ2n) is 8.19. The van der Waals surface area contributed by atoms with E-state index in [4.69, 9.17) is 4.74 Å². The smallest absolute Gasteiger partial charge is 0.432 e. The molecule has 0 aliphatic heterocycles. The number of H-pyrrole nitrogens is 1. The Kier molecular flexibility index (Phi) is 5.29. The Morgan fingerprint density at radius 2 is 1.88 bits per heavy atom. The van der Waals surface area contributed by atoms with Crippen molar-refractivity contribution in [3.63, 3.8) is 0 Å². The summed E-state index contributed by atoms with van der Waals surface area (Å²) in [5.74, 6) is -1.83. The van der Waals surface area contributed by atoms with Gasteiger partial charge < -0.3 is 19.9 Å². The van der Waals surface area contributed by atoms with Gasteiger partial charge in [0.15, 0.2) is 0 Å². The van der Waals surface area contributed by atoms with Gasteiger partial charge in [-0.15, -0.1) is 11.3 Å². The van der Waals surface area contributed by atoms with Crippen LogP contribution in [0.5, 0.6) is 0 Å². The first-order valence-corrected chi connectivity index (χ1v) is 10.6. The molecule has 0 bridgehead atoms. The van der Waals surface area contributed by atoms with Gasteiger partial charge in [-0.1, -0.05) is 0 Å². The number of ether oxygens (including phenoxy) is 1. The van der Waals surface area contributed by atoms with E-state index in [9.17, 15) is 29.4 Å². The summed E-state index contributed by atoms with van der Waals surface area (Å²) in [6.07, 6.45) is -1.24. The van der Waals surface area contributed by atoms with Crippen LogP contribution in [0.25, 0.3) is 32.5 Å². The number of Topliss-reactive ketones (excluding diaryl/α,β-unsaturated/α-hetero) is 1. The molecule has 3 heterocycles. The second kappa shape index (κ2) is 7.85. The molecule has 0 unspecified atom stereocenters. The fraction of sp³-hybridized carbons (Fsp3) is 0.227. The van der Waals surface area contributed by atoms with Crippen molar-refractivity contribution in [2.24, 2.45) is 0 Å². The summed E-state index contributed by atoms with van der Waals surface area (Å²) < 4.78 is 6.63. The van der Waals surface area contributed by atoms with Gasteiger partial charge in [0.25, 0.3) is 0 Å². The summed E-state index contributed by atoms with van der Waals surface area (Å²) in [5, 5.41) is 23.5. The van der Waals surface area contributed by atoms with Crippen LogP contribution >= 0.6 is 11.3 Å². The van der Waals surface area contributed by atoms with Gasteiger partial charge in [0.2, 0.25) is 0 Å². The van der Waals surface area contributed by atoms with E-state index in [0.717, 1.165) is 16.0 Å². The average Bonchev–Trinajstić information content (AvgIpc) is 3.38. The number of nitrogens with zero attached hydrogens (tertiary/aromatic N) is 2. The minimum absolute atomic E-state index is 0.00651. The Morgan fingerprint density at radius 1 is 1.15 bits per heavy atom. The number of carbonyl (C=O) groups is 4. The fourth-order valence-corrected chi connectivity index (χ4v) is 4.64.